The average molecular weight is 271 g/mol. The Labute approximate surface area is 116 Å². The molecule has 1 amide bonds. The van der Waals surface area contributed by atoms with Crippen molar-refractivity contribution in [3.63, 3.8) is 0 Å². The molecule has 0 aliphatic heterocycles. The topological polar surface area (TPSA) is 67.6 Å². The highest BCUT2D eigenvalue weighted by Crippen LogP contribution is 2.27. The highest BCUT2D eigenvalue weighted by molar-refractivity contribution is 5.78. The van der Waals surface area contributed by atoms with Gasteiger partial charge in [0.1, 0.15) is 0 Å². The monoisotopic (exact) mass is 271 g/mol. The van der Waals surface area contributed by atoms with E-state index in [4.69, 9.17) is 10.5 Å². The third kappa shape index (κ3) is 6.36. The fourth-order valence-corrected chi connectivity index (χ4v) is 2.74. The quantitative estimate of drug-likeness (QED) is 0.705. The molecule has 0 aromatic heterocycles. The molecule has 1 fully saturated rings. The number of hydrogen-bond donors (Lipinski definition) is 2. The Kier molecular flexibility index (Phi) is 7.34. The maximum atomic E-state index is 12.1. The Bertz CT molecular complexity index is 263. The highest BCUT2D eigenvalue weighted by atomic mass is 16.5. The number of amides is 1. The molecule has 1 aliphatic rings. The van der Waals surface area contributed by atoms with E-state index in [0.29, 0.717) is 12.5 Å². The van der Waals surface area contributed by atoms with Gasteiger partial charge in [0.05, 0.1) is 6.61 Å². The predicted octanol–water partition coefficient (Wildman–Crippen LogP) is 0.444. The third-order valence-corrected chi connectivity index (χ3v) is 3.82. The van der Waals surface area contributed by atoms with Crippen LogP contribution in [0.3, 0.4) is 0 Å². The van der Waals surface area contributed by atoms with Gasteiger partial charge in [-0.25, -0.2) is 0 Å². The van der Waals surface area contributed by atoms with Crippen LogP contribution in [0.5, 0.6) is 0 Å². The van der Waals surface area contributed by atoms with E-state index < -0.39 is 0 Å². The number of nitrogens with one attached hydrogen (secondary N) is 1. The summed E-state index contributed by atoms with van der Waals surface area (Å²) in [4.78, 5) is 14.2. The van der Waals surface area contributed by atoms with Crippen molar-refractivity contribution >= 4 is 5.91 Å². The van der Waals surface area contributed by atoms with E-state index in [0.717, 1.165) is 39.0 Å². The molecule has 1 aliphatic carbocycles. The zero-order valence-electron chi connectivity index (χ0n) is 12.5. The van der Waals surface area contributed by atoms with Crippen LogP contribution < -0.4 is 11.1 Å². The molecule has 5 nitrogen and oxygen atoms in total. The van der Waals surface area contributed by atoms with Crippen LogP contribution in [0.15, 0.2) is 0 Å². The van der Waals surface area contributed by atoms with Gasteiger partial charge >= 0.3 is 0 Å². The van der Waals surface area contributed by atoms with Crippen LogP contribution in [-0.2, 0) is 9.53 Å². The maximum Gasteiger partial charge on any atom is 0.223 e. The van der Waals surface area contributed by atoms with Gasteiger partial charge in [-0.2, -0.15) is 0 Å². The number of methoxy groups -OCH3 is 1. The lowest BCUT2D eigenvalue weighted by Gasteiger charge is -2.30. The lowest BCUT2D eigenvalue weighted by atomic mass is 9.79. The Hall–Kier alpha value is -0.650. The molecule has 1 saturated carbocycles. The van der Waals surface area contributed by atoms with Crippen LogP contribution in [0.25, 0.3) is 0 Å². The van der Waals surface area contributed by atoms with E-state index in [1.807, 2.05) is 7.05 Å². The van der Waals surface area contributed by atoms with Gasteiger partial charge in [-0.15, -0.1) is 0 Å². The first-order valence-electron chi connectivity index (χ1n) is 7.23. The van der Waals surface area contributed by atoms with E-state index >= 15 is 0 Å². The summed E-state index contributed by atoms with van der Waals surface area (Å²) < 4.78 is 5.02. The van der Waals surface area contributed by atoms with E-state index in [-0.39, 0.29) is 17.9 Å². The molecular formula is C14H29N3O2. The molecule has 3 atom stereocenters. The average Bonchev–Trinajstić information content (AvgIpc) is 2.35. The minimum Gasteiger partial charge on any atom is -0.383 e. The van der Waals surface area contributed by atoms with Gasteiger partial charge in [-0.3, -0.25) is 4.79 Å². The van der Waals surface area contributed by atoms with Gasteiger partial charge in [-0.05, 0) is 32.2 Å². The van der Waals surface area contributed by atoms with Gasteiger partial charge in [0.25, 0.3) is 0 Å². The van der Waals surface area contributed by atoms with Crippen molar-refractivity contribution in [2.24, 2.45) is 17.6 Å². The van der Waals surface area contributed by atoms with Crippen LogP contribution in [0, 0.1) is 11.8 Å². The van der Waals surface area contributed by atoms with Crippen molar-refractivity contribution in [1.82, 2.24) is 10.2 Å². The Morgan fingerprint density at radius 1 is 1.37 bits per heavy atom. The lowest BCUT2D eigenvalue weighted by Crippen LogP contribution is -2.42. The number of hydrogen-bond acceptors (Lipinski definition) is 4. The number of carbonyl (C=O) groups excluding carboxylic acids is 1. The van der Waals surface area contributed by atoms with Crippen LogP contribution in [0.2, 0.25) is 0 Å². The Balaban J connectivity index is 2.20. The number of nitrogens with zero attached hydrogens (tertiary/aromatic N) is 1. The van der Waals surface area contributed by atoms with Crippen molar-refractivity contribution in [3.05, 3.63) is 0 Å². The van der Waals surface area contributed by atoms with Gasteiger partial charge in [0, 0.05) is 38.7 Å². The fraction of sp³-hybridized carbons (Fsp3) is 0.929. The molecule has 0 heterocycles. The summed E-state index contributed by atoms with van der Waals surface area (Å²) in [6, 6.07) is 0.184. The molecule has 5 heteroatoms. The van der Waals surface area contributed by atoms with Gasteiger partial charge in [0.2, 0.25) is 5.91 Å². The van der Waals surface area contributed by atoms with Crippen molar-refractivity contribution in [2.45, 2.75) is 32.2 Å². The summed E-state index contributed by atoms with van der Waals surface area (Å²) in [5.74, 6) is 0.828. The van der Waals surface area contributed by atoms with E-state index in [9.17, 15) is 4.79 Å². The molecule has 3 N–H and O–H groups in total. The number of rotatable bonds is 7. The van der Waals surface area contributed by atoms with Crippen LogP contribution in [0.1, 0.15) is 26.2 Å². The van der Waals surface area contributed by atoms with E-state index in [1.165, 1.54) is 0 Å². The standard InChI is InChI=1S/C14H29N3O2/c1-11-8-12(10-13(15)9-11)14(18)16-4-5-17(2)6-7-19-3/h11-13H,4-10,15H2,1-3H3,(H,16,18). The summed E-state index contributed by atoms with van der Waals surface area (Å²) in [7, 11) is 3.73. The fourth-order valence-electron chi connectivity index (χ4n) is 2.74. The summed E-state index contributed by atoms with van der Waals surface area (Å²) in [6.45, 7) is 5.33. The molecular weight excluding hydrogens is 242 g/mol. The molecule has 3 unspecified atom stereocenters. The molecule has 0 aromatic rings. The molecule has 0 radical (unpaired) electrons. The minimum absolute atomic E-state index is 0.100. The molecule has 0 bridgehead atoms. The molecule has 112 valence electrons. The van der Waals surface area contributed by atoms with Crippen LogP contribution in [0.4, 0.5) is 0 Å². The Morgan fingerprint density at radius 2 is 2.11 bits per heavy atom. The van der Waals surface area contributed by atoms with Crippen LogP contribution in [-0.4, -0.2) is 57.2 Å². The minimum atomic E-state index is 0.100. The van der Waals surface area contributed by atoms with Gasteiger partial charge in [0.15, 0.2) is 0 Å². The van der Waals surface area contributed by atoms with Crippen molar-refractivity contribution in [2.75, 3.05) is 40.4 Å². The predicted molar refractivity (Wildman–Crippen MR) is 76.9 cm³/mol. The molecule has 1 rings (SSSR count). The second-order valence-corrected chi connectivity index (χ2v) is 5.86. The van der Waals surface area contributed by atoms with Crippen molar-refractivity contribution in [1.29, 1.82) is 0 Å². The second kappa shape index (κ2) is 8.51. The number of likely N-dealkylation sites (N-methyl/N-ethyl adjacent to an activating group) is 1. The third-order valence-electron chi connectivity index (χ3n) is 3.82. The molecule has 19 heavy (non-hydrogen) atoms. The summed E-state index contributed by atoms with van der Waals surface area (Å²) in [6.07, 6.45) is 2.85. The highest BCUT2D eigenvalue weighted by Gasteiger charge is 2.28. The second-order valence-electron chi connectivity index (χ2n) is 5.86. The van der Waals surface area contributed by atoms with Crippen LogP contribution >= 0.6 is 0 Å². The number of ether oxygens (including phenoxy) is 1. The SMILES string of the molecule is COCCN(C)CCNC(=O)C1CC(C)CC(N)C1. The molecule has 0 saturated heterocycles. The lowest BCUT2D eigenvalue weighted by molar-refractivity contribution is -0.126. The number of carbonyl (C=O) groups is 1. The summed E-state index contributed by atoms with van der Waals surface area (Å²) in [5, 5.41) is 3.02. The summed E-state index contributed by atoms with van der Waals surface area (Å²) >= 11 is 0. The maximum absolute atomic E-state index is 12.1. The van der Waals surface area contributed by atoms with Gasteiger partial charge < -0.3 is 20.7 Å². The van der Waals surface area contributed by atoms with Crippen molar-refractivity contribution < 1.29 is 9.53 Å². The Morgan fingerprint density at radius 3 is 2.74 bits per heavy atom. The first-order valence-corrected chi connectivity index (χ1v) is 7.23. The largest absolute Gasteiger partial charge is 0.383 e. The zero-order valence-corrected chi connectivity index (χ0v) is 12.5. The zero-order chi connectivity index (χ0) is 14.3. The first kappa shape index (κ1) is 16.4. The van der Waals surface area contributed by atoms with Gasteiger partial charge in [-0.1, -0.05) is 6.92 Å². The normalized spacial score (nSPS) is 27.5. The van der Waals surface area contributed by atoms with E-state index in [1.54, 1.807) is 7.11 Å². The molecule has 0 aromatic carbocycles. The van der Waals surface area contributed by atoms with E-state index in [2.05, 4.69) is 17.1 Å². The van der Waals surface area contributed by atoms with Crippen molar-refractivity contribution in [3.8, 4) is 0 Å². The first-order chi connectivity index (χ1) is 9.02. The molecule has 0 spiro atoms. The smallest absolute Gasteiger partial charge is 0.223 e. The number of nitrogens with two attached hydrogens (primary N) is 1. The summed E-state index contributed by atoms with van der Waals surface area (Å²) in [5.41, 5.74) is 5.98.